The summed E-state index contributed by atoms with van der Waals surface area (Å²) in [7, 11) is 1.45. The Balaban J connectivity index is 1.24. The van der Waals surface area contributed by atoms with Gasteiger partial charge in [0, 0.05) is 38.6 Å². The van der Waals surface area contributed by atoms with E-state index >= 15 is 0 Å². The van der Waals surface area contributed by atoms with Gasteiger partial charge in [0.15, 0.2) is 0 Å². The summed E-state index contributed by atoms with van der Waals surface area (Å²) >= 11 is 0. The zero-order chi connectivity index (χ0) is 24.2. The fourth-order valence-corrected chi connectivity index (χ4v) is 4.91. The van der Waals surface area contributed by atoms with Gasteiger partial charge in [-0.2, -0.15) is 0 Å². The maximum atomic E-state index is 12.7. The van der Waals surface area contributed by atoms with Gasteiger partial charge in [0.2, 0.25) is 5.91 Å². The predicted octanol–water partition coefficient (Wildman–Crippen LogP) is 3.11. The molecule has 1 heterocycles. The molecule has 3 atom stereocenters. The lowest BCUT2D eigenvalue weighted by Crippen LogP contribution is -2.36. The summed E-state index contributed by atoms with van der Waals surface area (Å²) in [6.45, 7) is 2.69. The Bertz CT molecular complexity index is 1030. The molecule has 0 spiro atoms. The van der Waals surface area contributed by atoms with Crippen molar-refractivity contribution in [2.75, 3.05) is 33.4 Å². The first-order valence-electron chi connectivity index (χ1n) is 11.5. The van der Waals surface area contributed by atoms with Crippen LogP contribution in [-0.2, 0) is 19.1 Å². The van der Waals surface area contributed by atoms with Crippen molar-refractivity contribution in [3.8, 4) is 11.1 Å². The fraction of sp³-hybridized carbons (Fsp3) is 0.423. The van der Waals surface area contributed by atoms with Crippen molar-refractivity contribution in [1.82, 2.24) is 10.2 Å². The van der Waals surface area contributed by atoms with Crippen molar-refractivity contribution in [2.24, 2.45) is 11.8 Å². The van der Waals surface area contributed by atoms with Crippen molar-refractivity contribution in [1.29, 1.82) is 0 Å². The van der Waals surface area contributed by atoms with E-state index in [1.807, 2.05) is 24.3 Å². The largest absolute Gasteiger partial charge is 0.481 e. The number of hydrogen-bond donors (Lipinski definition) is 2. The number of benzene rings is 2. The molecule has 0 radical (unpaired) electrons. The van der Waals surface area contributed by atoms with Gasteiger partial charge in [-0.05, 0) is 28.7 Å². The van der Waals surface area contributed by atoms with Gasteiger partial charge in [0.25, 0.3) is 0 Å². The maximum Gasteiger partial charge on any atom is 0.407 e. The molecule has 2 amide bonds. The number of hydrogen-bond acceptors (Lipinski definition) is 5. The standard InChI is InChI=1S/C26H30N2O6/c1-16(24(29)28-13-21(25(30)31)23(14-28)33-2)11-12-27-26(32)34-15-22-19-9-5-3-7-17(19)18-8-4-6-10-20(18)22/h3-10,16,21-23H,11-15H2,1-2H3,(H,27,32)(H,30,31). The van der Waals surface area contributed by atoms with Crippen LogP contribution < -0.4 is 5.32 Å². The molecular weight excluding hydrogens is 436 g/mol. The van der Waals surface area contributed by atoms with Crippen molar-refractivity contribution >= 4 is 18.0 Å². The Kier molecular flexibility index (Phi) is 7.17. The molecule has 0 saturated carbocycles. The van der Waals surface area contributed by atoms with Crippen LogP contribution >= 0.6 is 0 Å². The third-order valence-corrected chi connectivity index (χ3v) is 6.81. The van der Waals surface area contributed by atoms with Crippen LogP contribution in [0.3, 0.4) is 0 Å². The number of carboxylic acids is 1. The average Bonchev–Trinajstić information content (AvgIpc) is 3.42. The van der Waals surface area contributed by atoms with E-state index in [4.69, 9.17) is 9.47 Å². The van der Waals surface area contributed by atoms with E-state index < -0.39 is 24.1 Å². The molecule has 0 bridgehead atoms. The highest BCUT2D eigenvalue weighted by atomic mass is 16.5. The van der Waals surface area contributed by atoms with Crippen LogP contribution in [0.15, 0.2) is 48.5 Å². The molecule has 1 fully saturated rings. The summed E-state index contributed by atoms with van der Waals surface area (Å²) in [4.78, 5) is 37.9. The summed E-state index contributed by atoms with van der Waals surface area (Å²) in [5, 5.41) is 12.0. The van der Waals surface area contributed by atoms with Gasteiger partial charge in [0.05, 0.1) is 6.10 Å². The highest BCUT2D eigenvalue weighted by Gasteiger charge is 2.40. The summed E-state index contributed by atoms with van der Waals surface area (Å²) in [5.74, 6) is -2.20. The normalized spacial score (nSPS) is 19.9. The number of nitrogens with one attached hydrogen (secondary N) is 1. The Hall–Kier alpha value is -3.39. The van der Waals surface area contributed by atoms with Gasteiger partial charge in [-0.15, -0.1) is 0 Å². The summed E-state index contributed by atoms with van der Waals surface area (Å²) in [5.41, 5.74) is 4.63. The zero-order valence-electron chi connectivity index (χ0n) is 19.4. The smallest absolute Gasteiger partial charge is 0.407 e. The highest BCUT2D eigenvalue weighted by Crippen LogP contribution is 2.44. The second kappa shape index (κ2) is 10.3. The van der Waals surface area contributed by atoms with E-state index in [0.717, 1.165) is 11.1 Å². The number of fused-ring (bicyclic) bond motifs is 3. The number of carbonyl (C=O) groups is 3. The van der Waals surface area contributed by atoms with Crippen LogP contribution in [0.5, 0.6) is 0 Å². The third-order valence-electron chi connectivity index (χ3n) is 6.81. The van der Waals surface area contributed by atoms with E-state index in [2.05, 4.69) is 29.6 Å². The highest BCUT2D eigenvalue weighted by molar-refractivity contribution is 5.81. The van der Waals surface area contributed by atoms with Gasteiger partial charge in [0.1, 0.15) is 12.5 Å². The van der Waals surface area contributed by atoms with Gasteiger partial charge in [-0.1, -0.05) is 55.5 Å². The Labute approximate surface area is 198 Å². The van der Waals surface area contributed by atoms with Crippen LogP contribution in [0.25, 0.3) is 11.1 Å². The zero-order valence-corrected chi connectivity index (χ0v) is 19.4. The van der Waals surface area contributed by atoms with Crippen molar-refractivity contribution < 1.29 is 29.0 Å². The van der Waals surface area contributed by atoms with Crippen molar-refractivity contribution in [3.05, 3.63) is 59.7 Å². The number of carbonyl (C=O) groups excluding carboxylic acids is 2. The first-order valence-corrected chi connectivity index (χ1v) is 11.5. The Morgan fingerprint density at radius 1 is 1.06 bits per heavy atom. The van der Waals surface area contributed by atoms with Crippen LogP contribution in [0.1, 0.15) is 30.4 Å². The second-order valence-corrected chi connectivity index (χ2v) is 8.90. The molecule has 8 nitrogen and oxygen atoms in total. The number of alkyl carbamates (subject to hydrolysis) is 1. The molecule has 0 aromatic heterocycles. The van der Waals surface area contributed by atoms with Crippen molar-refractivity contribution in [3.63, 3.8) is 0 Å². The number of aliphatic carboxylic acids is 1. The number of rotatable bonds is 8. The molecule has 2 N–H and O–H groups in total. The Morgan fingerprint density at radius 2 is 1.68 bits per heavy atom. The average molecular weight is 467 g/mol. The molecule has 2 aliphatic rings. The first kappa shape index (κ1) is 23.8. The molecular formula is C26H30N2O6. The number of ether oxygens (including phenoxy) is 2. The minimum Gasteiger partial charge on any atom is -0.481 e. The summed E-state index contributed by atoms with van der Waals surface area (Å²) in [6.07, 6.45) is -0.602. The monoisotopic (exact) mass is 466 g/mol. The molecule has 2 aromatic rings. The van der Waals surface area contributed by atoms with Gasteiger partial charge < -0.3 is 24.8 Å². The SMILES string of the molecule is COC1CN(C(=O)C(C)CCNC(=O)OCC2c3ccccc3-c3ccccc32)CC1C(=O)O. The van der Waals surface area contributed by atoms with Crippen LogP contribution in [-0.4, -0.2) is 67.4 Å². The molecule has 3 unspecified atom stereocenters. The van der Waals surface area contributed by atoms with Crippen molar-refractivity contribution in [2.45, 2.75) is 25.4 Å². The van der Waals surface area contributed by atoms with E-state index in [0.29, 0.717) is 6.42 Å². The molecule has 8 heteroatoms. The second-order valence-electron chi connectivity index (χ2n) is 8.90. The van der Waals surface area contributed by atoms with Crippen LogP contribution in [0.2, 0.25) is 0 Å². The molecule has 2 aromatic carbocycles. The van der Waals surface area contributed by atoms with E-state index in [9.17, 15) is 19.5 Å². The number of nitrogens with zero attached hydrogens (tertiary/aromatic N) is 1. The maximum absolute atomic E-state index is 12.7. The topological polar surface area (TPSA) is 105 Å². The molecule has 1 aliphatic carbocycles. The van der Waals surface area contributed by atoms with Crippen LogP contribution in [0.4, 0.5) is 4.79 Å². The molecule has 1 saturated heterocycles. The quantitative estimate of drug-likeness (QED) is 0.619. The van der Waals surface area contributed by atoms with Gasteiger partial charge >= 0.3 is 12.1 Å². The molecule has 34 heavy (non-hydrogen) atoms. The lowest BCUT2D eigenvalue weighted by Gasteiger charge is -2.21. The first-order chi connectivity index (χ1) is 16.4. The number of likely N-dealkylation sites (tertiary alicyclic amines) is 1. The van der Waals surface area contributed by atoms with Gasteiger partial charge in [-0.25, -0.2) is 4.79 Å². The van der Waals surface area contributed by atoms with Gasteiger partial charge in [-0.3, -0.25) is 9.59 Å². The summed E-state index contributed by atoms with van der Waals surface area (Å²) < 4.78 is 10.7. The molecule has 180 valence electrons. The minimum atomic E-state index is -0.966. The predicted molar refractivity (Wildman–Crippen MR) is 125 cm³/mol. The van der Waals surface area contributed by atoms with E-state index in [-0.39, 0.29) is 44.0 Å². The lowest BCUT2D eigenvalue weighted by molar-refractivity contribution is -0.144. The minimum absolute atomic E-state index is 0.00951. The number of carboxylic acid groups (broad SMARTS) is 1. The summed E-state index contributed by atoms with van der Waals surface area (Å²) in [6, 6.07) is 16.3. The third kappa shape index (κ3) is 4.77. The van der Waals surface area contributed by atoms with Crippen LogP contribution in [0, 0.1) is 11.8 Å². The Morgan fingerprint density at radius 3 is 2.24 bits per heavy atom. The van der Waals surface area contributed by atoms with E-state index in [1.54, 1.807) is 6.92 Å². The number of amides is 2. The van der Waals surface area contributed by atoms with E-state index in [1.165, 1.54) is 23.1 Å². The molecule has 1 aliphatic heterocycles. The fourth-order valence-electron chi connectivity index (χ4n) is 4.91. The molecule has 4 rings (SSSR count). The lowest BCUT2D eigenvalue weighted by atomic mass is 9.98. The number of methoxy groups -OCH3 is 1.